The summed E-state index contributed by atoms with van der Waals surface area (Å²) in [5, 5.41) is 6.69. The van der Waals surface area contributed by atoms with Crippen molar-refractivity contribution in [3.63, 3.8) is 0 Å². The van der Waals surface area contributed by atoms with Crippen molar-refractivity contribution in [1.29, 1.82) is 0 Å². The van der Waals surface area contributed by atoms with Gasteiger partial charge in [-0.3, -0.25) is 0 Å². The van der Waals surface area contributed by atoms with Crippen molar-refractivity contribution >= 4 is 23.0 Å². The molecule has 0 spiro atoms. The van der Waals surface area contributed by atoms with E-state index in [0.29, 0.717) is 11.7 Å². The molecule has 0 heterocycles. The van der Waals surface area contributed by atoms with Gasteiger partial charge in [-0.25, -0.2) is 0 Å². The third-order valence-electron chi connectivity index (χ3n) is 1.72. The highest BCUT2D eigenvalue weighted by atomic mass is 32.1. The molecule has 1 aromatic carbocycles. The summed E-state index contributed by atoms with van der Waals surface area (Å²) in [5.41, 5.74) is 2.23. The Hall–Kier alpha value is -1.35. The van der Waals surface area contributed by atoms with Crippen LogP contribution in [0.2, 0.25) is 0 Å². The van der Waals surface area contributed by atoms with Crippen LogP contribution in [0, 0.1) is 6.92 Å². The second kappa shape index (κ2) is 5.40. The molecule has 0 aliphatic heterocycles. The standard InChI is InChI=1S/C11H14N2S/c1-3-8-12-11(14)13-10-6-4-9(2)5-7-10/h3-7H,1,8H2,2H3,(H2,12,13,14). The Kier molecular flexibility index (Phi) is 4.13. The second-order valence-electron chi connectivity index (χ2n) is 2.99. The first-order chi connectivity index (χ1) is 6.72. The monoisotopic (exact) mass is 206 g/mol. The lowest BCUT2D eigenvalue weighted by Gasteiger charge is -2.08. The fourth-order valence-corrected chi connectivity index (χ4v) is 1.18. The lowest BCUT2D eigenvalue weighted by molar-refractivity contribution is 1.06. The van der Waals surface area contributed by atoms with Crippen LogP contribution < -0.4 is 10.6 Å². The molecule has 0 radical (unpaired) electrons. The lowest BCUT2D eigenvalue weighted by atomic mass is 10.2. The van der Waals surface area contributed by atoms with E-state index in [-0.39, 0.29) is 0 Å². The molecule has 74 valence electrons. The van der Waals surface area contributed by atoms with E-state index < -0.39 is 0 Å². The van der Waals surface area contributed by atoms with Gasteiger partial charge in [0.05, 0.1) is 0 Å². The van der Waals surface area contributed by atoms with Crippen LogP contribution in [0.25, 0.3) is 0 Å². The number of rotatable bonds is 3. The quantitative estimate of drug-likeness (QED) is 0.587. The normalized spacial score (nSPS) is 9.21. The molecule has 2 nitrogen and oxygen atoms in total. The van der Waals surface area contributed by atoms with E-state index in [9.17, 15) is 0 Å². The SMILES string of the molecule is C=CCNC(=S)Nc1ccc(C)cc1. The number of hydrogen-bond acceptors (Lipinski definition) is 1. The summed E-state index contributed by atoms with van der Waals surface area (Å²) in [5.74, 6) is 0. The molecule has 0 fully saturated rings. The molecule has 0 atom stereocenters. The van der Waals surface area contributed by atoms with Gasteiger partial charge in [0.2, 0.25) is 0 Å². The summed E-state index contributed by atoms with van der Waals surface area (Å²) >= 11 is 5.06. The van der Waals surface area contributed by atoms with Gasteiger partial charge >= 0.3 is 0 Å². The predicted octanol–water partition coefficient (Wildman–Crippen LogP) is 2.47. The van der Waals surface area contributed by atoms with E-state index in [2.05, 4.69) is 24.1 Å². The minimum Gasteiger partial charge on any atom is -0.359 e. The molecule has 0 aliphatic carbocycles. The summed E-state index contributed by atoms with van der Waals surface area (Å²) in [6.07, 6.45) is 1.77. The van der Waals surface area contributed by atoms with Gasteiger partial charge < -0.3 is 10.6 Å². The van der Waals surface area contributed by atoms with Gasteiger partial charge in [0.1, 0.15) is 0 Å². The molecule has 3 heteroatoms. The van der Waals surface area contributed by atoms with Gasteiger partial charge in [-0.15, -0.1) is 6.58 Å². The van der Waals surface area contributed by atoms with Crippen LogP contribution in [0.15, 0.2) is 36.9 Å². The maximum Gasteiger partial charge on any atom is 0.171 e. The first-order valence-corrected chi connectivity index (χ1v) is 4.85. The van der Waals surface area contributed by atoms with E-state index in [1.165, 1.54) is 5.56 Å². The minimum atomic E-state index is 0.619. The molecule has 0 unspecified atom stereocenters. The number of nitrogens with one attached hydrogen (secondary N) is 2. The molecule has 1 aromatic rings. The van der Waals surface area contributed by atoms with Crippen molar-refractivity contribution < 1.29 is 0 Å². The van der Waals surface area contributed by atoms with E-state index in [0.717, 1.165) is 5.69 Å². The molecule has 0 bridgehead atoms. The highest BCUT2D eigenvalue weighted by molar-refractivity contribution is 7.80. The Morgan fingerprint density at radius 1 is 1.43 bits per heavy atom. The fourth-order valence-electron chi connectivity index (χ4n) is 0.977. The van der Waals surface area contributed by atoms with Crippen molar-refractivity contribution in [2.24, 2.45) is 0 Å². The number of thiocarbonyl (C=S) groups is 1. The molecule has 0 saturated heterocycles. The molecule has 0 aliphatic rings. The Morgan fingerprint density at radius 2 is 2.07 bits per heavy atom. The van der Waals surface area contributed by atoms with Gasteiger partial charge in [-0.1, -0.05) is 23.8 Å². The predicted molar refractivity (Wildman–Crippen MR) is 65.6 cm³/mol. The van der Waals surface area contributed by atoms with E-state index in [4.69, 9.17) is 12.2 Å². The smallest absolute Gasteiger partial charge is 0.171 e. The van der Waals surface area contributed by atoms with E-state index >= 15 is 0 Å². The Morgan fingerprint density at radius 3 is 2.64 bits per heavy atom. The Labute approximate surface area is 90.0 Å². The number of anilines is 1. The Balaban J connectivity index is 2.47. The number of benzene rings is 1. The van der Waals surface area contributed by atoms with Crippen LogP contribution >= 0.6 is 12.2 Å². The van der Waals surface area contributed by atoms with Gasteiger partial charge in [0.25, 0.3) is 0 Å². The fraction of sp³-hybridized carbons (Fsp3) is 0.182. The Bertz CT molecular complexity index is 317. The van der Waals surface area contributed by atoms with Crippen LogP contribution in [0.3, 0.4) is 0 Å². The second-order valence-corrected chi connectivity index (χ2v) is 3.40. The topological polar surface area (TPSA) is 24.1 Å². The van der Waals surface area contributed by atoms with Gasteiger partial charge in [-0.05, 0) is 31.3 Å². The highest BCUT2D eigenvalue weighted by Gasteiger charge is 1.94. The van der Waals surface area contributed by atoms with Crippen LogP contribution in [-0.2, 0) is 0 Å². The van der Waals surface area contributed by atoms with Crippen molar-refractivity contribution in [3.05, 3.63) is 42.5 Å². The maximum atomic E-state index is 5.06. The van der Waals surface area contributed by atoms with E-state index in [1.54, 1.807) is 6.08 Å². The number of hydrogen-bond donors (Lipinski definition) is 2. The summed E-state index contributed by atoms with van der Waals surface area (Å²) in [4.78, 5) is 0. The largest absolute Gasteiger partial charge is 0.359 e. The zero-order valence-corrected chi connectivity index (χ0v) is 9.03. The number of aryl methyl sites for hydroxylation is 1. The lowest BCUT2D eigenvalue weighted by Crippen LogP contribution is -2.28. The first kappa shape index (κ1) is 10.7. The molecular formula is C11H14N2S. The molecule has 1 rings (SSSR count). The summed E-state index contributed by atoms with van der Waals surface area (Å²) < 4.78 is 0. The molecule has 14 heavy (non-hydrogen) atoms. The van der Waals surface area contributed by atoms with Gasteiger partial charge in [-0.2, -0.15) is 0 Å². The summed E-state index contributed by atoms with van der Waals surface area (Å²) in [6, 6.07) is 8.07. The highest BCUT2D eigenvalue weighted by Crippen LogP contribution is 2.07. The maximum absolute atomic E-state index is 5.06. The third kappa shape index (κ3) is 3.58. The van der Waals surface area contributed by atoms with Gasteiger partial charge in [0, 0.05) is 12.2 Å². The van der Waals surface area contributed by atoms with Gasteiger partial charge in [0.15, 0.2) is 5.11 Å². The average molecular weight is 206 g/mol. The summed E-state index contributed by atoms with van der Waals surface area (Å²) in [6.45, 7) is 6.33. The molecule has 0 amide bonds. The van der Waals surface area contributed by atoms with Crippen molar-refractivity contribution in [1.82, 2.24) is 5.32 Å². The van der Waals surface area contributed by atoms with Crippen LogP contribution in [-0.4, -0.2) is 11.7 Å². The van der Waals surface area contributed by atoms with Crippen molar-refractivity contribution in [3.8, 4) is 0 Å². The zero-order valence-electron chi connectivity index (χ0n) is 8.21. The first-order valence-electron chi connectivity index (χ1n) is 4.45. The minimum absolute atomic E-state index is 0.619. The van der Waals surface area contributed by atoms with E-state index in [1.807, 2.05) is 24.3 Å². The molecule has 2 N–H and O–H groups in total. The third-order valence-corrected chi connectivity index (χ3v) is 1.96. The molecular weight excluding hydrogens is 192 g/mol. The average Bonchev–Trinajstić information content (AvgIpc) is 2.18. The summed E-state index contributed by atoms with van der Waals surface area (Å²) in [7, 11) is 0. The molecule has 0 saturated carbocycles. The zero-order chi connectivity index (χ0) is 10.4. The van der Waals surface area contributed by atoms with Crippen molar-refractivity contribution in [2.45, 2.75) is 6.92 Å². The molecule has 0 aromatic heterocycles. The van der Waals surface area contributed by atoms with Crippen LogP contribution in [0.5, 0.6) is 0 Å². The van der Waals surface area contributed by atoms with Crippen molar-refractivity contribution in [2.75, 3.05) is 11.9 Å². The van der Waals surface area contributed by atoms with Crippen LogP contribution in [0.4, 0.5) is 5.69 Å². The van der Waals surface area contributed by atoms with Crippen LogP contribution in [0.1, 0.15) is 5.56 Å².